The van der Waals surface area contributed by atoms with Crippen molar-refractivity contribution in [1.82, 2.24) is 14.9 Å². The van der Waals surface area contributed by atoms with Crippen LogP contribution in [0, 0.1) is 0 Å². The lowest BCUT2D eigenvalue weighted by atomic mass is 9.95. The molecule has 184 valence electrons. The molecule has 3 heterocycles. The summed E-state index contributed by atoms with van der Waals surface area (Å²) < 4.78 is 12.0. The molecule has 34 heavy (non-hydrogen) atoms. The van der Waals surface area contributed by atoms with Crippen molar-refractivity contribution in [2.24, 2.45) is 0 Å². The van der Waals surface area contributed by atoms with Crippen LogP contribution in [0.2, 0.25) is 0 Å². The number of rotatable bonds is 11. The number of carboxylic acid groups (broad SMARTS) is 1. The van der Waals surface area contributed by atoms with E-state index < -0.39 is 12.0 Å². The minimum absolute atomic E-state index is 0.0400. The molecule has 2 atom stereocenters. The number of fused-ring (bicyclic) bond motifs is 1. The first-order valence-electron chi connectivity index (χ1n) is 12.7. The van der Waals surface area contributed by atoms with Gasteiger partial charge in [0.05, 0.1) is 12.2 Å². The molecule has 1 N–H and O–H groups in total. The highest BCUT2D eigenvalue weighted by Gasteiger charge is 2.36. The van der Waals surface area contributed by atoms with Crippen molar-refractivity contribution in [3.8, 4) is 5.75 Å². The van der Waals surface area contributed by atoms with Crippen molar-refractivity contribution < 1.29 is 19.4 Å². The number of carboxylic acids is 1. The molecule has 1 saturated heterocycles. The SMILES string of the molecule is CC(C)Oc1ccncc1C(C(=O)O)N1CC[C@@H](OCCCCc2ccc3c(n2)CCCC3)C1. The summed E-state index contributed by atoms with van der Waals surface area (Å²) in [4.78, 5) is 23.2. The second-order valence-electron chi connectivity index (χ2n) is 9.67. The van der Waals surface area contributed by atoms with Crippen LogP contribution in [0.3, 0.4) is 0 Å². The van der Waals surface area contributed by atoms with Crippen molar-refractivity contribution in [2.75, 3.05) is 19.7 Å². The summed E-state index contributed by atoms with van der Waals surface area (Å²) in [6.45, 7) is 5.83. The number of unbranched alkanes of at least 4 members (excludes halogenated alkanes) is 1. The maximum Gasteiger partial charge on any atom is 0.325 e. The molecule has 2 aromatic heterocycles. The number of likely N-dealkylation sites (tertiary alicyclic amines) is 1. The normalized spacial score (nSPS) is 19.2. The van der Waals surface area contributed by atoms with Gasteiger partial charge >= 0.3 is 5.97 Å². The van der Waals surface area contributed by atoms with E-state index in [4.69, 9.17) is 14.5 Å². The molecule has 4 rings (SSSR count). The Hall–Kier alpha value is -2.51. The fourth-order valence-electron chi connectivity index (χ4n) is 5.00. The lowest BCUT2D eigenvalue weighted by Crippen LogP contribution is -2.34. The Morgan fingerprint density at radius 2 is 2.06 bits per heavy atom. The van der Waals surface area contributed by atoms with E-state index in [0.29, 0.717) is 31.0 Å². The third-order valence-electron chi connectivity index (χ3n) is 6.66. The molecule has 1 aliphatic heterocycles. The largest absolute Gasteiger partial charge is 0.491 e. The minimum atomic E-state index is -0.889. The Morgan fingerprint density at radius 1 is 1.21 bits per heavy atom. The quantitative estimate of drug-likeness (QED) is 0.491. The van der Waals surface area contributed by atoms with Crippen LogP contribution >= 0.6 is 0 Å². The molecule has 0 amide bonds. The number of ether oxygens (including phenoxy) is 2. The van der Waals surface area contributed by atoms with Crippen LogP contribution in [0.5, 0.6) is 5.75 Å². The van der Waals surface area contributed by atoms with E-state index in [-0.39, 0.29) is 12.2 Å². The van der Waals surface area contributed by atoms with Gasteiger partial charge in [0.1, 0.15) is 11.8 Å². The van der Waals surface area contributed by atoms with Crippen LogP contribution in [-0.2, 0) is 28.8 Å². The zero-order chi connectivity index (χ0) is 23.9. The van der Waals surface area contributed by atoms with Crippen molar-refractivity contribution >= 4 is 5.97 Å². The van der Waals surface area contributed by atoms with Crippen LogP contribution in [0.1, 0.15) is 74.5 Å². The topological polar surface area (TPSA) is 84.8 Å². The molecule has 7 heteroatoms. The van der Waals surface area contributed by atoms with Gasteiger partial charge in [0.2, 0.25) is 0 Å². The van der Waals surface area contributed by atoms with Gasteiger partial charge in [0.25, 0.3) is 0 Å². The van der Waals surface area contributed by atoms with E-state index in [2.05, 4.69) is 17.1 Å². The van der Waals surface area contributed by atoms with E-state index in [1.807, 2.05) is 18.7 Å². The van der Waals surface area contributed by atoms with Crippen molar-refractivity contribution in [3.05, 3.63) is 53.1 Å². The van der Waals surface area contributed by atoms with Gasteiger partial charge in [-0.2, -0.15) is 0 Å². The highest BCUT2D eigenvalue weighted by Crippen LogP contribution is 2.32. The summed E-state index contributed by atoms with van der Waals surface area (Å²) >= 11 is 0. The fraction of sp³-hybridized carbons (Fsp3) is 0.593. The lowest BCUT2D eigenvalue weighted by molar-refractivity contribution is -0.143. The van der Waals surface area contributed by atoms with Gasteiger partial charge in [-0.1, -0.05) is 6.07 Å². The number of aryl methyl sites for hydroxylation is 3. The zero-order valence-corrected chi connectivity index (χ0v) is 20.4. The van der Waals surface area contributed by atoms with Gasteiger partial charge in [0.15, 0.2) is 0 Å². The van der Waals surface area contributed by atoms with Gasteiger partial charge < -0.3 is 14.6 Å². The van der Waals surface area contributed by atoms with E-state index in [1.54, 1.807) is 18.5 Å². The van der Waals surface area contributed by atoms with E-state index >= 15 is 0 Å². The van der Waals surface area contributed by atoms with Crippen LogP contribution < -0.4 is 4.74 Å². The van der Waals surface area contributed by atoms with E-state index in [9.17, 15) is 9.90 Å². The molecule has 1 aliphatic carbocycles. The van der Waals surface area contributed by atoms with E-state index in [1.165, 1.54) is 36.2 Å². The molecular weight excluding hydrogens is 430 g/mol. The van der Waals surface area contributed by atoms with Gasteiger partial charge in [0, 0.05) is 49.0 Å². The molecule has 7 nitrogen and oxygen atoms in total. The molecular formula is C27H37N3O4. The summed E-state index contributed by atoms with van der Waals surface area (Å²) in [7, 11) is 0. The monoisotopic (exact) mass is 467 g/mol. The number of aliphatic carboxylic acids is 1. The van der Waals surface area contributed by atoms with Crippen LogP contribution in [0.25, 0.3) is 0 Å². The Bertz CT molecular complexity index is 965. The number of hydrogen-bond donors (Lipinski definition) is 1. The number of pyridine rings is 2. The van der Waals surface area contributed by atoms with Gasteiger partial charge in [-0.3, -0.25) is 19.7 Å². The lowest BCUT2D eigenvalue weighted by Gasteiger charge is -2.26. The summed E-state index contributed by atoms with van der Waals surface area (Å²) in [5.74, 6) is -0.308. The maximum absolute atomic E-state index is 12.2. The molecule has 1 fully saturated rings. The first-order valence-corrected chi connectivity index (χ1v) is 12.7. The molecule has 2 aromatic rings. The number of hydrogen-bond acceptors (Lipinski definition) is 6. The second kappa shape index (κ2) is 11.8. The number of nitrogens with zero attached hydrogens (tertiary/aromatic N) is 3. The zero-order valence-electron chi connectivity index (χ0n) is 20.4. The van der Waals surface area contributed by atoms with Crippen molar-refractivity contribution in [1.29, 1.82) is 0 Å². The molecule has 2 aliphatic rings. The van der Waals surface area contributed by atoms with Crippen LogP contribution in [0.4, 0.5) is 0 Å². The Balaban J connectivity index is 1.24. The first kappa shape index (κ1) is 24.6. The maximum atomic E-state index is 12.2. The second-order valence-corrected chi connectivity index (χ2v) is 9.67. The van der Waals surface area contributed by atoms with Crippen LogP contribution in [-0.4, -0.2) is 57.8 Å². The third-order valence-corrected chi connectivity index (χ3v) is 6.66. The summed E-state index contributed by atoms with van der Waals surface area (Å²) in [5.41, 5.74) is 4.52. The van der Waals surface area contributed by atoms with Gasteiger partial charge in [-0.05, 0) is 82.9 Å². The Kier molecular flexibility index (Phi) is 8.51. The number of aromatic nitrogens is 2. The Morgan fingerprint density at radius 3 is 2.88 bits per heavy atom. The smallest absolute Gasteiger partial charge is 0.325 e. The average molecular weight is 468 g/mol. The summed E-state index contributed by atoms with van der Waals surface area (Å²) in [6, 6.07) is 5.40. The highest BCUT2D eigenvalue weighted by molar-refractivity contribution is 5.76. The molecule has 0 radical (unpaired) electrons. The average Bonchev–Trinajstić information content (AvgIpc) is 3.27. The predicted octanol–water partition coefficient (Wildman–Crippen LogP) is 4.38. The summed E-state index contributed by atoms with van der Waals surface area (Å²) in [6.07, 6.45) is 11.9. The van der Waals surface area contributed by atoms with E-state index in [0.717, 1.165) is 32.1 Å². The molecule has 0 saturated carbocycles. The highest BCUT2D eigenvalue weighted by atomic mass is 16.5. The van der Waals surface area contributed by atoms with Gasteiger partial charge in [-0.25, -0.2) is 0 Å². The van der Waals surface area contributed by atoms with Gasteiger partial charge in [-0.15, -0.1) is 0 Å². The summed E-state index contributed by atoms with van der Waals surface area (Å²) in [5, 5.41) is 9.99. The molecule has 1 unspecified atom stereocenters. The number of carbonyl (C=O) groups is 1. The molecule has 0 aromatic carbocycles. The van der Waals surface area contributed by atoms with Crippen molar-refractivity contribution in [3.63, 3.8) is 0 Å². The Labute approximate surface area is 202 Å². The third kappa shape index (κ3) is 6.33. The first-order chi connectivity index (χ1) is 16.5. The minimum Gasteiger partial charge on any atom is -0.491 e. The van der Waals surface area contributed by atoms with Crippen LogP contribution in [0.15, 0.2) is 30.6 Å². The van der Waals surface area contributed by atoms with Crippen molar-refractivity contribution in [2.45, 2.75) is 83.5 Å². The predicted molar refractivity (Wildman–Crippen MR) is 130 cm³/mol. The molecule has 0 spiro atoms. The molecule has 0 bridgehead atoms. The standard InChI is InChI=1S/C27H37N3O4/c1-19(2)34-25-12-14-28-17-23(25)26(27(31)32)30-15-13-22(18-30)33-16-6-5-8-21-11-10-20-7-3-4-9-24(20)29-21/h10-12,14,17,19,22,26H,3-9,13,15-16,18H2,1-2H3,(H,31,32)/t22-,26?/m1/s1. The fourth-order valence-corrected chi connectivity index (χ4v) is 5.00.